The van der Waals surface area contributed by atoms with Crippen LogP contribution in [-0.4, -0.2) is 40.7 Å². The molecule has 164 valence electrons. The van der Waals surface area contributed by atoms with Crippen LogP contribution in [0.4, 0.5) is 4.79 Å². The molecule has 2 N–H and O–H groups in total. The maximum atomic E-state index is 12.5. The standard InChI is InChI=1S/C22H36ClN3O3/c1-21-9-7-15(27)13-14(21)3-4-16-17-5-6-19(22(17,2)10-8-18(16)21)24-20(28)26(25-29)12-11-23/h14-19,27H,3-13H2,1-2H3,(H,24,28)/t14-,15-,16-,17-,18-,19-,21-,22-/m0/s1. The number of amides is 2. The van der Waals surface area contributed by atoms with Gasteiger partial charge >= 0.3 is 6.03 Å². The van der Waals surface area contributed by atoms with Gasteiger partial charge in [0.25, 0.3) is 0 Å². The second kappa shape index (κ2) is 7.99. The van der Waals surface area contributed by atoms with Gasteiger partial charge in [0.05, 0.1) is 17.9 Å². The molecular weight excluding hydrogens is 390 g/mol. The molecule has 4 aliphatic rings. The molecule has 0 radical (unpaired) electrons. The highest BCUT2D eigenvalue weighted by Crippen LogP contribution is 2.66. The van der Waals surface area contributed by atoms with Crippen LogP contribution in [-0.2, 0) is 0 Å². The molecule has 8 atom stereocenters. The average Bonchev–Trinajstić information content (AvgIpc) is 3.03. The van der Waals surface area contributed by atoms with Gasteiger partial charge in [-0.05, 0) is 92.3 Å². The number of nitrogens with zero attached hydrogens (tertiary/aromatic N) is 2. The molecule has 0 aromatic carbocycles. The topological polar surface area (TPSA) is 82.0 Å². The maximum absolute atomic E-state index is 12.5. The molecular formula is C22H36ClN3O3. The number of halogens is 1. The van der Waals surface area contributed by atoms with Crippen molar-refractivity contribution in [2.75, 3.05) is 12.4 Å². The molecule has 0 heterocycles. The normalized spacial score (nSPS) is 46.2. The fourth-order valence-electron chi connectivity index (χ4n) is 7.96. The fraction of sp³-hybridized carbons (Fsp3) is 0.955. The number of hydrogen-bond acceptors (Lipinski definition) is 4. The summed E-state index contributed by atoms with van der Waals surface area (Å²) in [6, 6.07) is -0.314. The Morgan fingerprint density at radius 2 is 1.83 bits per heavy atom. The van der Waals surface area contributed by atoms with Crippen LogP contribution in [0.25, 0.3) is 0 Å². The van der Waals surface area contributed by atoms with Gasteiger partial charge in [-0.1, -0.05) is 13.8 Å². The number of fused-ring (bicyclic) bond motifs is 5. The van der Waals surface area contributed by atoms with Crippen molar-refractivity contribution in [3.05, 3.63) is 4.91 Å². The van der Waals surface area contributed by atoms with E-state index in [0.717, 1.165) is 55.4 Å². The van der Waals surface area contributed by atoms with Crippen molar-refractivity contribution in [3.8, 4) is 0 Å². The van der Waals surface area contributed by atoms with Crippen LogP contribution in [0.5, 0.6) is 0 Å². The number of nitroso groups, excluding NO2 is 1. The number of rotatable bonds is 4. The van der Waals surface area contributed by atoms with E-state index in [2.05, 4.69) is 24.5 Å². The largest absolute Gasteiger partial charge is 0.393 e. The Bertz CT molecular complexity index is 649. The van der Waals surface area contributed by atoms with Crippen LogP contribution in [0.3, 0.4) is 0 Å². The summed E-state index contributed by atoms with van der Waals surface area (Å²) in [7, 11) is 0. The number of hydrogen-bond donors (Lipinski definition) is 2. The van der Waals surface area contributed by atoms with Crippen LogP contribution in [0, 0.1) is 39.4 Å². The van der Waals surface area contributed by atoms with E-state index in [-0.39, 0.29) is 30.0 Å². The smallest absolute Gasteiger partial charge is 0.340 e. The predicted molar refractivity (Wildman–Crippen MR) is 113 cm³/mol. The Morgan fingerprint density at radius 1 is 1.10 bits per heavy atom. The number of urea groups is 1. The van der Waals surface area contributed by atoms with Crippen molar-refractivity contribution in [3.63, 3.8) is 0 Å². The van der Waals surface area contributed by atoms with Crippen LogP contribution in [0.15, 0.2) is 5.29 Å². The van der Waals surface area contributed by atoms with Gasteiger partial charge in [-0.3, -0.25) is 0 Å². The molecule has 0 aromatic heterocycles. The van der Waals surface area contributed by atoms with E-state index in [9.17, 15) is 14.8 Å². The van der Waals surface area contributed by atoms with Crippen LogP contribution in [0.2, 0.25) is 0 Å². The predicted octanol–water partition coefficient (Wildman–Crippen LogP) is 4.69. The molecule has 0 unspecified atom stereocenters. The second-order valence-electron chi connectivity index (χ2n) is 10.6. The fourth-order valence-corrected chi connectivity index (χ4v) is 8.12. The van der Waals surface area contributed by atoms with E-state index < -0.39 is 6.03 Å². The lowest BCUT2D eigenvalue weighted by Gasteiger charge is -2.60. The Morgan fingerprint density at radius 3 is 2.55 bits per heavy atom. The monoisotopic (exact) mass is 425 g/mol. The van der Waals surface area contributed by atoms with E-state index in [0.29, 0.717) is 17.3 Å². The molecule has 4 saturated carbocycles. The van der Waals surface area contributed by atoms with Crippen LogP contribution >= 0.6 is 11.6 Å². The zero-order valence-electron chi connectivity index (χ0n) is 17.8. The summed E-state index contributed by atoms with van der Waals surface area (Å²) in [5.41, 5.74) is 0.452. The Balaban J connectivity index is 1.49. The Labute approximate surface area is 179 Å². The zero-order chi connectivity index (χ0) is 20.8. The number of aliphatic hydroxyl groups excluding tert-OH is 1. The van der Waals surface area contributed by atoms with Gasteiger partial charge < -0.3 is 10.4 Å². The molecule has 0 spiro atoms. The van der Waals surface area contributed by atoms with E-state index in [4.69, 9.17) is 11.6 Å². The minimum atomic E-state index is -0.411. The molecule has 2 amide bonds. The highest BCUT2D eigenvalue weighted by atomic mass is 35.5. The maximum Gasteiger partial charge on any atom is 0.340 e. The summed E-state index contributed by atoms with van der Waals surface area (Å²) in [4.78, 5) is 23.5. The lowest BCUT2D eigenvalue weighted by Crippen LogP contribution is -2.56. The van der Waals surface area contributed by atoms with Crippen LogP contribution in [0.1, 0.15) is 71.6 Å². The summed E-state index contributed by atoms with van der Waals surface area (Å²) in [6.45, 7) is 4.99. The summed E-state index contributed by atoms with van der Waals surface area (Å²) in [5.74, 6) is 2.95. The van der Waals surface area contributed by atoms with Gasteiger partial charge in [0.15, 0.2) is 0 Å². The quantitative estimate of drug-likeness (QED) is 0.389. The van der Waals surface area contributed by atoms with Gasteiger partial charge in [0.2, 0.25) is 0 Å². The highest BCUT2D eigenvalue weighted by Gasteiger charge is 2.60. The van der Waals surface area contributed by atoms with Gasteiger partial charge in [0.1, 0.15) is 0 Å². The lowest BCUT2D eigenvalue weighted by atomic mass is 9.45. The van der Waals surface area contributed by atoms with Crippen molar-refractivity contribution in [1.29, 1.82) is 0 Å². The Kier molecular flexibility index (Phi) is 5.88. The van der Waals surface area contributed by atoms with Gasteiger partial charge in [0, 0.05) is 11.9 Å². The van der Waals surface area contributed by atoms with Gasteiger partial charge in [-0.25, -0.2) is 4.79 Å². The second-order valence-corrected chi connectivity index (χ2v) is 11.0. The van der Waals surface area contributed by atoms with Gasteiger partial charge in [-0.2, -0.15) is 5.01 Å². The summed E-state index contributed by atoms with van der Waals surface area (Å²) >= 11 is 5.69. The number of alkyl halides is 1. The van der Waals surface area contributed by atoms with Crippen molar-refractivity contribution < 1.29 is 9.90 Å². The molecule has 4 rings (SSSR count). The third kappa shape index (κ3) is 3.48. The van der Waals surface area contributed by atoms with E-state index in [1.807, 2.05) is 0 Å². The number of nitrogens with one attached hydrogen (secondary N) is 1. The molecule has 4 fully saturated rings. The number of carbonyl (C=O) groups is 1. The SMILES string of the molecule is C[C@]12CC[C@H](O)C[C@@H]1CC[C@@H]1[C@@H]2CC[C@]2(C)[C@@H](NC(=O)N(CCCl)N=O)CC[C@@H]12. The first-order chi connectivity index (χ1) is 13.8. The summed E-state index contributed by atoms with van der Waals surface area (Å²) in [5, 5.41) is 17.1. The number of aliphatic hydroxyl groups is 1. The van der Waals surface area contributed by atoms with Gasteiger partial charge in [-0.15, -0.1) is 16.5 Å². The minimum absolute atomic E-state index is 0.0870. The lowest BCUT2D eigenvalue weighted by molar-refractivity contribution is -0.123. The first kappa shape index (κ1) is 21.4. The highest BCUT2D eigenvalue weighted by molar-refractivity contribution is 6.18. The van der Waals surface area contributed by atoms with Crippen molar-refractivity contribution in [2.45, 2.75) is 83.8 Å². The average molecular weight is 426 g/mol. The molecule has 29 heavy (non-hydrogen) atoms. The summed E-state index contributed by atoms with van der Waals surface area (Å²) < 4.78 is 0. The van der Waals surface area contributed by atoms with Crippen molar-refractivity contribution in [1.82, 2.24) is 10.3 Å². The van der Waals surface area contributed by atoms with Crippen molar-refractivity contribution in [2.24, 2.45) is 39.8 Å². The first-order valence-corrected chi connectivity index (χ1v) is 12.0. The van der Waals surface area contributed by atoms with E-state index >= 15 is 0 Å². The summed E-state index contributed by atoms with van der Waals surface area (Å²) in [6.07, 6.45) is 9.93. The number of carbonyl (C=O) groups excluding carboxylic acids is 1. The molecule has 6 nitrogen and oxygen atoms in total. The third-order valence-electron chi connectivity index (χ3n) is 9.57. The third-order valence-corrected chi connectivity index (χ3v) is 9.73. The Hall–Kier alpha value is -0.880. The zero-order valence-corrected chi connectivity index (χ0v) is 18.5. The molecule has 0 aromatic rings. The molecule has 4 aliphatic carbocycles. The van der Waals surface area contributed by atoms with Crippen molar-refractivity contribution >= 4 is 17.6 Å². The minimum Gasteiger partial charge on any atom is -0.393 e. The first-order valence-electron chi connectivity index (χ1n) is 11.5. The molecule has 7 heteroatoms. The van der Waals surface area contributed by atoms with E-state index in [1.54, 1.807) is 0 Å². The van der Waals surface area contributed by atoms with E-state index in [1.165, 1.54) is 19.3 Å². The molecule has 0 bridgehead atoms. The molecule has 0 aliphatic heterocycles. The molecule has 0 saturated heterocycles. The van der Waals surface area contributed by atoms with Crippen LogP contribution < -0.4 is 5.32 Å².